The molecule has 36 heavy (non-hydrogen) atoms. The summed E-state index contributed by atoms with van der Waals surface area (Å²) in [5.41, 5.74) is 4.11. The zero-order valence-electron chi connectivity index (χ0n) is 20.5. The van der Waals surface area contributed by atoms with E-state index < -0.39 is 0 Å². The molecule has 0 spiro atoms. The first-order valence-electron chi connectivity index (χ1n) is 12.4. The van der Waals surface area contributed by atoms with Crippen LogP contribution in [0.1, 0.15) is 34.5 Å². The SMILES string of the molecule is COc1ccc(Cn2c(C(=O)N3CCC(C(=O)NCCc4ccccc4)CC3)cc3sccc32)cc1. The van der Waals surface area contributed by atoms with Crippen LogP contribution >= 0.6 is 11.3 Å². The molecule has 2 aromatic carbocycles. The van der Waals surface area contributed by atoms with Gasteiger partial charge in [-0.25, -0.2) is 0 Å². The van der Waals surface area contributed by atoms with Crippen LogP contribution < -0.4 is 10.1 Å². The number of nitrogens with one attached hydrogen (secondary N) is 1. The predicted octanol–water partition coefficient (Wildman–Crippen LogP) is 4.97. The van der Waals surface area contributed by atoms with Crippen LogP contribution in [0.4, 0.5) is 0 Å². The van der Waals surface area contributed by atoms with E-state index in [2.05, 4.69) is 33.5 Å². The van der Waals surface area contributed by atoms with Crippen molar-refractivity contribution >= 4 is 33.4 Å². The molecule has 2 amide bonds. The van der Waals surface area contributed by atoms with Crippen LogP contribution in [0.2, 0.25) is 0 Å². The summed E-state index contributed by atoms with van der Waals surface area (Å²) >= 11 is 1.65. The van der Waals surface area contributed by atoms with Gasteiger partial charge in [0.25, 0.3) is 5.91 Å². The summed E-state index contributed by atoms with van der Waals surface area (Å²) in [5.74, 6) is 0.908. The zero-order valence-corrected chi connectivity index (χ0v) is 21.3. The lowest BCUT2D eigenvalue weighted by Gasteiger charge is -2.31. The maximum Gasteiger partial charge on any atom is 0.270 e. The molecule has 0 unspecified atom stereocenters. The van der Waals surface area contributed by atoms with Crippen LogP contribution in [0.3, 0.4) is 0 Å². The number of methoxy groups -OCH3 is 1. The van der Waals surface area contributed by atoms with Gasteiger partial charge in [0.15, 0.2) is 0 Å². The minimum absolute atomic E-state index is 0.0369. The van der Waals surface area contributed by atoms with Gasteiger partial charge in [0.05, 0.1) is 17.3 Å². The summed E-state index contributed by atoms with van der Waals surface area (Å²) in [5, 5.41) is 5.14. The van der Waals surface area contributed by atoms with Crippen molar-refractivity contribution in [1.82, 2.24) is 14.8 Å². The smallest absolute Gasteiger partial charge is 0.270 e. The Balaban J connectivity index is 1.21. The van der Waals surface area contributed by atoms with Crippen LogP contribution in [-0.2, 0) is 17.8 Å². The Kier molecular flexibility index (Phi) is 7.37. The average Bonchev–Trinajstić information content (AvgIpc) is 3.52. The standard InChI is InChI=1S/C29H31N3O3S/c1-35-24-9-7-22(8-10-24)20-32-25-14-18-36-27(25)19-26(32)29(34)31-16-12-23(13-17-31)28(33)30-15-11-21-5-3-2-4-6-21/h2-10,14,18-19,23H,11-13,15-17,20H2,1H3,(H,30,33). The topological polar surface area (TPSA) is 63.6 Å². The Labute approximate surface area is 215 Å². The quantitative estimate of drug-likeness (QED) is 0.371. The highest BCUT2D eigenvalue weighted by Gasteiger charge is 2.29. The fourth-order valence-electron chi connectivity index (χ4n) is 4.86. The van der Waals surface area contributed by atoms with Gasteiger partial charge in [-0.2, -0.15) is 0 Å². The molecule has 0 aliphatic carbocycles. The summed E-state index contributed by atoms with van der Waals surface area (Å²) in [4.78, 5) is 28.2. The third-order valence-electron chi connectivity index (χ3n) is 6.95. The summed E-state index contributed by atoms with van der Waals surface area (Å²) in [6.45, 7) is 2.44. The number of hydrogen-bond donors (Lipinski definition) is 1. The number of aromatic nitrogens is 1. The summed E-state index contributed by atoms with van der Waals surface area (Å²) in [7, 11) is 1.66. The Hall–Kier alpha value is -3.58. The molecule has 186 valence electrons. The molecule has 1 aliphatic heterocycles. The van der Waals surface area contributed by atoms with Gasteiger partial charge in [0.2, 0.25) is 5.91 Å². The number of nitrogens with zero attached hydrogens (tertiary/aromatic N) is 2. The normalized spacial score (nSPS) is 14.2. The molecule has 1 N–H and O–H groups in total. The van der Waals surface area contributed by atoms with E-state index >= 15 is 0 Å². The van der Waals surface area contributed by atoms with Crippen LogP contribution in [0.5, 0.6) is 5.75 Å². The molecule has 1 aliphatic rings. The maximum atomic E-state index is 13.6. The number of benzene rings is 2. The van der Waals surface area contributed by atoms with Crippen molar-refractivity contribution in [3.63, 3.8) is 0 Å². The van der Waals surface area contributed by atoms with Crippen molar-refractivity contribution in [2.75, 3.05) is 26.7 Å². The van der Waals surface area contributed by atoms with Gasteiger partial charge >= 0.3 is 0 Å². The molecular formula is C29H31N3O3S. The minimum Gasteiger partial charge on any atom is -0.497 e. The molecule has 7 heteroatoms. The largest absolute Gasteiger partial charge is 0.497 e. The third kappa shape index (κ3) is 5.31. The monoisotopic (exact) mass is 501 g/mol. The van der Waals surface area contributed by atoms with Gasteiger partial charge < -0.3 is 19.5 Å². The van der Waals surface area contributed by atoms with E-state index in [1.54, 1.807) is 18.4 Å². The Bertz CT molecular complexity index is 1320. The highest BCUT2D eigenvalue weighted by Crippen LogP contribution is 2.28. The van der Waals surface area contributed by atoms with E-state index in [1.807, 2.05) is 53.4 Å². The highest BCUT2D eigenvalue weighted by atomic mass is 32.1. The summed E-state index contributed by atoms with van der Waals surface area (Å²) in [6, 6.07) is 22.2. The van der Waals surface area contributed by atoms with Gasteiger partial charge in [0.1, 0.15) is 11.4 Å². The number of fused-ring (bicyclic) bond motifs is 1. The molecule has 0 bridgehead atoms. The molecule has 6 nitrogen and oxygen atoms in total. The number of piperidine rings is 1. The Morgan fingerprint density at radius 1 is 1.00 bits per heavy atom. The molecule has 1 saturated heterocycles. The van der Waals surface area contributed by atoms with Gasteiger partial charge in [-0.1, -0.05) is 42.5 Å². The molecule has 1 fully saturated rings. The second-order valence-corrected chi connectivity index (χ2v) is 10.2. The van der Waals surface area contributed by atoms with Gasteiger partial charge in [0, 0.05) is 32.1 Å². The van der Waals surface area contributed by atoms with Crippen LogP contribution in [0.15, 0.2) is 72.1 Å². The molecule has 4 aromatic rings. The summed E-state index contributed by atoms with van der Waals surface area (Å²) in [6.07, 6.45) is 2.21. The number of carbonyl (C=O) groups is 2. The fraction of sp³-hybridized carbons (Fsp3) is 0.310. The van der Waals surface area contributed by atoms with E-state index in [-0.39, 0.29) is 17.7 Å². The van der Waals surface area contributed by atoms with Crippen molar-refractivity contribution in [3.8, 4) is 5.75 Å². The second kappa shape index (κ2) is 11.0. The summed E-state index contributed by atoms with van der Waals surface area (Å²) < 4.78 is 8.50. The van der Waals surface area contributed by atoms with Crippen LogP contribution in [0, 0.1) is 5.92 Å². The number of hydrogen-bond acceptors (Lipinski definition) is 4. The molecule has 5 rings (SSSR count). The first-order chi connectivity index (χ1) is 17.6. The molecular weight excluding hydrogens is 470 g/mol. The number of thiophene rings is 1. The minimum atomic E-state index is -0.0422. The highest BCUT2D eigenvalue weighted by molar-refractivity contribution is 7.17. The third-order valence-corrected chi connectivity index (χ3v) is 7.80. The van der Waals surface area contributed by atoms with Gasteiger partial charge in [-0.15, -0.1) is 11.3 Å². The number of amides is 2. The average molecular weight is 502 g/mol. The molecule has 0 saturated carbocycles. The van der Waals surface area contributed by atoms with Crippen molar-refractivity contribution in [1.29, 1.82) is 0 Å². The van der Waals surface area contributed by atoms with Crippen LogP contribution in [0.25, 0.3) is 10.2 Å². The van der Waals surface area contributed by atoms with E-state index in [4.69, 9.17) is 4.74 Å². The van der Waals surface area contributed by atoms with E-state index in [0.29, 0.717) is 44.7 Å². The van der Waals surface area contributed by atoms with E-state index in [9.17, 15) is 9.59 Å². The van der Waals surface area contributed by atoms with Crippen molar-refractivity contribution < 1.29 is 14.3 Å². The maximum absolute atomic E-state index is 13.6. The fourth-order valence-corrected chi connectivity index (χ4v) is 5.69. The molecule has 3 heterocycles. The van der Waals surface area contributed by atoms with Gasteiger partial charge in [-0.05, 0) is 60.0 Å². The van der Waals surface area contributed by atoms with Crippen molar-refractivity contribution in [2.24, 2.45) is 5.92 Å². The number of rotatable bonds is 8. The van der Waals surface area contributed by atoms with Gasteiger partial charge in [-0.3, -0.25) is 9.59 Å². The first kappa shape index (κ1) is 24.1. The molecule has 0 radical (unpaired) electrons. The number of carbonyl (C=O) groups excluding carboxylic acids is 2. The Morgan fingerprint density at radius 3 is 2.47 bits per heavy atom. The lowest BCUT2D eigenvalue weighted by Crippen LogP contribution is -2.43. The van der Waals surface area contributed by atoms with Crippen LogP contribution in [-0.4, -0.2) is 48.0 Å². The molecule has 0 atom stereocenters. The second-order valence-electron chi connectivity index (χ2n) is 9.23. The number of likely N-dealkylation sites (tertiary alicyclic amines) is 1. The zero-order chi connectivity index (χ0) is 24.9. The number of ether oxygens (including phenoxy) is 1. The lowest BCUT2D eigenvalue weighted by molar-refractivity contribution is -0.126. The van der Waals surface area contributed by atoms with Crippen molar-refractivity contribution in [2.45, 2.75) is 25.8 Å². The predicted molar refractivity (Wildman–Crippen MR) is 144 cm³/mol. The first-order valence-corrected chi connectivity index (χ1v) is 13.3. The molecule has 2 aromatic heterocycles. The van der Waals surface area contributed by atoms with Crippen molar-refractivity contribution in [3.05, 3.63) is 88.9 Å². The van der Waals surface area contributed by atoms with E-state index in [1.165, 1.54) is 5.56 Å². The Morgan fingerprint density at radius 2 is 1.75 bits per heavy atom. The lowest BCUT2D eigenvalue weighted by atomic mass is 9.95. The van der Waals surface area contributed by atoms with E-state index in [0.717, 1.165) is 28.0 Å².